The molecule has 0 amide bonds. The summed E-state index contributed by atoms with van der Waals surface area (Å²) in [6.45, 7) is 3.84. The average Bonchev–Trinajstić information content (AvgIpc) is 2.78. The lowest BCUT2D eigenvalue weighted by Gasteiger charge is -2.28. The van der Waals surface area contributed by atoms with Crippen molar-refractivity contribution in [1.29, 1.82) is 0 Å². The molecule has 0 aromatic heterocycles. The van der Waals surface area contributed by atoms with Crippen LogP contribution in [0.2, 0.25) is 0 Å². The number of nitrogens with one attached hydrogen (secondary N) is 1. The van der Waals surface area contributed by atoms with Crippen molar-refractivity contribution in [2.45, 2.75) is 4.90 Å². The van der Waals surface area contributed by atoms with Crippen LogP contribution < -0.4 is 15.9 Å². The second-order valence-electron chi connectivity index (χ2n) is 5.26. The summed E-state index contributed by atoms with van der Waals surface area (Å²) in [5, 5.41) is 14.0. The van der Waals surface area contributed by atoms with Crippen molar-refractivity contribution in [3.8, 4) is 0 Å². The third-order valence-electron chi connectivity index (χ3n) is 4.00. The van der Waals surface area contributed by atoms with Crippen molar-refractivity contribution < 1.29 is 4.55 Å². The van der Waals surface area contributed by atoms with Gasteiger partial charge in [0, 0.05) is 31.7 Å². The molecule has 0 radical (unpaired) electrons. The highest BCUT2D eigenvalue weighted by atomic mass is 32.2. The second kappa shape index (κ2) is 5.29. The lowest BCUT2D eigenvalue weighted by molar-refractivity contribution is 0.358. The van der Waals surface area contributed by atoms with Crippen LogP contribution in [0.4, 0.5) is 0 Å². The number of nitrogens with zero attached hydrogens (tertiary/aromatic N) is 3. The Hall–Kier alpha value is -1.63. The zero-order chi connectivity index (χ0) is 14.2. The molecule has 0 aliphatic carbocycles. The van der Waals surface area contributed by atoms with Gasteiger partial charge in [0.25, 0.3) is 0 Å². The van der Waals surface area contributed by atoms with Gasteiger partial charge in [-0.15, -0.1) is 10.2 Å². The van der Waals surface area contributed by atoms with E-state index < -0.39 is 11.2 Å². The van der Waals surface area contributed by atoms with Gasteiger partial charge in [0.2, 0.25) is 0 Å². The zero-order valence-corrected chi connectivity index (χ0v) is 12.4. The van der Waals surface area contributed by atoms with Crippen LogP contribution in [0.15, 0.2) is 33.3 Å². The highest BCUT2D eigenvalue weighted by Gasteiger charge is 2.21. The standard InChI is InChI=1S/C15H16N4OS/c20-21-10-5-12-13(21)3-1-11-2-4-14(17-18-15(11)12)19-8-6-16-7-9-19/h1-5,16H,6-10H2. The van der Waals surface area contributed by atoms with Crippen LogP contribution in [0.1, 0.15) is 5.56 Å². The van der Waals surface area contributed by atoms with Gasteiger partial charge in [-0.05, 0) is 41.5 Å². The molecule has 1 N–H and O–H groups in total. The molecule has 3 heterocycles. The summed E-state index contributed by atoms with van der Waals surface area (Å²) in [6.07, 6.45) is 6.09. The first-order valence-electron chi connectivity index (χ1n) is 7.14. The molecular formula is C15H16N4OS. The predicted molar refractivity (Wildman–Crippen MR) is 83.9 cm³/mol. The van der Waals surface area contributed by atoms with E-state index in [-0.39, 0.29) is 0 Å². The van der Waals surface area contributed by atoms with Crippen molar-refractivity contribution in [3.05, 3.63) is 34.3 Å². The molecule has 1 aromatic carbocycles. The first-order chi connectivity index (χ1) is 10.3. The lowest BCUT2D eigenvalue weighted by Crippen LogP contribution is -2.45. The minimum absolute atomic E-state index is 0.583. The topological polar surface area (TPSA) is 63.1 Å². The van der Waals surface area contributed by atoms with E-state index >= 15 is 0 Å². The molecule has 0 bridgehead atoms. The maximum absolute atomic E-state index is 11.9. The number of fused-ring (bicyclic) bond motifs is 3. The van der Waals surface area contributed by atoms with E-state index in [9.17, 15) is 4.55 Å². The highest BCUT2D eigenvalue weighted by molar-refractivity contribution is 7.92. The van der Waals surface area contributed by atoms with Crippen molar-refractivity contribution in [3.63, 3.8) is 0 Å². The van der Waals surface area contributed by atoms with Gasteiger partial charge in [0.1, 0.15) is 11.1 Å². The van der Waals surface area contributed by atoms with Gasteiger partial charge in [0.05, 0.1) is 5.22 Å². The van der Waals surface area contributed by atoms with Crippen molar-refractivity contribution in [1.82, 2.24) is 10.2 Å². The SMILES string of the molecule is [O-][S+]1CC=c2c1ccc1c2=NN=C(N2CCNCC2)C=C1. The summed E-state index contributed by atoms with van der Waals surface area (Å²) in [6, 6.07) is 3.94. The Morgan fingerprint density at radius 1 is 1.14 bits per heavy atom. The smallest absolute Gasteiger partial charge is 0.162 e. The molecule has 1 aromatic rings. The number of benzene rings is 1. The lowest BCUT2D eigenvalue weighted by atomic mass is 10.1. The molecule has 5 nitrogen and oxygen atoms in total. The molecule has 0 saturated carbocycles. The van der Waals surface area contributed by atoms with Gasteiger partial charge < -0.3 is 14.8 Å². The van der Waals surface area contributed by atoms with Crippen molar-refractivity contribution in [2.24, 2.45) is 10.2 Å². The van der Waals surface area contributed by atoms with E-state index in [0.717, 1.165) is 53.0 Å². The molecule has 4 rings (SSSR count). The quantitative estimate of drug-likeness (QED) is 0.654. The molecule has 3 aliphatic rings. The minimum Gasteiger partial charge on any atom is -0.611 e. The average molecular weight is 300 g/mol. The van der Waals surface area contributed by atoms with Crippen LogP contribution in [0.3, 0.4) is 0 Å². The number of amidine groups is 1. The van der Waals surface area contributed by atoms with Crippen LogP contribution in [-0.2, 0) is 11.2 Å². The number of hydrogen-bond donors (Lipinski definition) is 1. The number of piperazine rings is 1. The maximum atomic E-state index is 11.9. The summed E-state index contributed by atoms with van der Waals surface area (Å²) < 4.78 is 11.9. The zero-order valence-electron chi connectivity index (χ0n) is 11.6. The first-order valence-corrected chi connectivity index (χ1v) is 8.46. The summed E-state index contributed by atoms with van der Waals surface area (Å²) in [4.78, 5) is 3.12. The Balaban J connectivity index is 1.79. The van der Waals surface area contributed by atoms with Crippen LogP contribution >= 0.6 is 0 Å². The van der Waals surface area contributed by atoms with Crippen LogP contribution in [-0.4, -0.2) is 47.2 Å². The Labute approximate surface area is 125 Å². The van der Waals surface area contributed by atoms with Crippen molar-refractivity contribution >= 4 is 29.2 Å². The Morgan fingerprint density at radius 2 is 2.00 bits per heavy atom. The molecule has 6 heteroatoms. The molecule has 1 saturated heterocycles. The third kappa shape index (κ3) is 2.29. The Bertz CT molecular complexity index is 750. The van der Waals surface area contributed by atoms with E-state index in [1.165, 1.54) is 0 Å². The molecule has 21 heavy (non-hydrogen) atoms. The first kappa shape index (κ1) is 13.1. The van der Waals surface area contributed by atoms with E-state index in [2.05, 4.69) is 26.5 Å². The highest BCUT2D eigenvalue weighted by Crippen LogP contribution is 2.12. The molecule has 3 aliphatic heterocycles. The molecule has 1 atom stereocenters. The van der Waals surface area contributed by atoms with Gasteiger partial charge in [-0.3, -0.25) is 0 Å². The monoisotopic (exact) mass is 300 g/mol. The van der Waals surface area contributed by atoms with Gasteiger partial charge in [-0.2, -0.15) is 0 Å². The summed E-state index contributed by atoms with van der Waals surface area (Å²) in [7, 11) is 0. The Morgan fingerprint density at radius 3 is 2.86 bits per heavy atom. The second-order valence-corrected chi connectivity index (χ2v) is 6.72. The molecule has 0 spiro atoms. The van der Waals surface area contributed by atoms with Gasteiger partial charge in [-0.1, -0.05) is 0 Å². The fraction of sp³-hybridized carbons (Fsp3) is 0.333. The minimum atomic E-state index is -0.921. The molecule has 1 fully saturated rings. The molecule has 108 valence electrons. The fourth-order valence-electron chi connectivity index (χ4n) is 2.86. The maximum Gasteiger partial charge on any atom is 0.162 e. The van der Waals surface area contributed by atoms with Crippen LogP contribution in [0, 0.1) is 0 Å². The molecular weight excluding hydrogens is 284 g/mol. The van der Waals surface area contributed by atoms with Gasteiger partial charge >= 0.3 is 0 Å². The summed E-state index contributed by atoms with van der Waals surface area (Å²) in [5.41, 5.74) is 1.04. The van der Waals surface area contributed by atoms with Crippen LogP contribution in [0.5, 0.6) is 0 Å². The van der Waals surface area contributed by atoms with E-state index in [1.807, 2.05) is 24.3 Å². The van der Waals surface area contributed by atoms with E-state index in [1.54, 1.807) is 0 Å². The third-order valence-corrected chi connectivity index (χ3v) is 5.31. The number of rotatable bonds is 0. The largest absolute Gasteiger partial charge is 0.611 e. The van der Waals surface area contributed by atoms with Crippen molar-refractivity contribution in [2.75, 3.05) is 31.9 Å². The predicted octanol–water partition coefficient (Wildman–Crippen LogP) is -0.547. The normalized spacial score (nSPS) is 23.6. The summed E-state index contributed by atoms with van der Waals surface area (Å²) in [5.74, 6) is 1.49. The van der Waals surface area contributed by atoms with Gasteiger partial charge in [-0.25, -0.2) is 0 Å². The van der Waals surface area contributed by atoms with Gasteiger partial charge in [0.15, 0.2) is 10.7 Å². The molecule has 1 unspecified atom stereocenters. The fourth-order valence-corrected chi connectivity index (χ4v) is 4.00. The number of hydrogen-bond acceptors (Lipinski definition) is 5. The summed E-state index contributed by atoms with van der Waals surface area (Å²) >= 11 is -0.921. The van der Waals surface area contributed by atoms with E-state index in [4.69, 9.17) is 0 Å². The van der Waals surface area contributed by atoms with E-state index in [0.29, 0.717) is 5.75 Å². The Kier molecular flexibility index (Phi) is 3.29. The van der Waals surface area contributed by atoms with Crippen LogP contribution in [0.25, 0.3) is 12.2 Å².